The Morgan fingerprint density at radius 2 is 1.84 bits per heavy atom. The zero-order valence-corrected chi connectivity index (χ0v) is 17.9. The van der Waals surface area contributed by atoms with E-state index in [1.165, 1.54) is 24.3 Å². The zero-order valence-electron chi connectivity index (χ0n) is 17.1. The molecule has 1 saturated heterocycles. The molecule has 0 spiro atoms. The van der Waals surface area contributed by atoms with E-state index in [1.807, 2.05) is 0 Å². The van der Waals surface area contributed by atoms with E-state index in [1.54, 1.807) is 30.9 Å². The van der Waals surface area contributed by atoms with E-state index >= 15 is 0 Å². The molecular formula is C21H21FN4O4S. The van der Waals surface area contributed by atoms with Crippen molar-refractivity contribution in [3.8, 4) is 11.4 Å². The van der Waals surface area contributed by atoms with Crippen LogP contribution in [0, 0.1) is 19.7 Å². The van der Waals surface area contributed by atoms with Gasteiger partial charge in [0.1, 0.15) is 5.82 Å². The molecule has 31 heavy (non-hydrogen) atoms. The first-order valence-corrected chi connectivity index (χ1v) is 11.3. The molecule has 0 radical (unpaired) electrons. The van der Waals surface area contributed by atoms with Crippen molar-refractivity contribution in [2.45, 2.75) is 31.6 Å². The summed E-state index contributed by atoms with van der Waals surface area (Å²) in [7, 11) is -3.97. The van der Waals surface area contributed by atoms with Gasteiger partial charge in [0.05, 0.1) is 10.6 Å². The highest BCUT2D eigenvalue weighted by Crippen LogP contribution is 2.27. The summed E-state index contributed by atoms with van der Waals surface area (Å²) in [6.45, 7) is 4.58. The van der Waals surface area contributed by atoms with Crippen LogP contribution < -0.4 is 4.72 Å². The molecule has 4 rings (SSSR count). The van der Waals surface area contributed by atoms with Gasteiger partial charge in [0, 0.05) is 18.7 Å². The lowest BCUT2D eigenvalue weighted by atomic mass is 10.1. The minimum Gasteiger partial charge on any atom is -0.334 e. The molecule has 0 bridgehead atoms. The van der Waals surface area contributed by atoms with E-state index in [0.717, 1.165) is 12.8 Å². The van der Waals surface area contributed by atoms with Crippen LogP contribution in [0.2, 0.25) is 0 Å². The third-order valence-electron chi connectivity index (χ3n) is 5.17. The monoisotopic (exact) mass is 444 g/mol. The topological polar surface area (TPSA) is 105 Å². The van der Waals surface area contributed by atoms with Gasteiger partial charge in [-0.2, -0.15) is 4.98 Å². The molecule has 3 aromatic rings. The fraction of sp³-hybridized carbons (Fsp3) is 0.286. The summed E-state index contributed by atoms with van der Waals surface area (Å²) in [6.07, 6.45) is 1.87. The Balaban J connectivity index is 1.63. The number of halogens is 1. The summed E-state index contributed by atoms with van der Waals surface area (Å²) < 4.78 is 46.9. The van der Waals surface area contributed by atoms with Gasteiger partial charge in [-0.25, -0.2) is 12.8 Å². The number of aryl methyl sites for hydroxylation is 2. The Labute approximate surface area is 179 Å². The lowest BCUT2D eigenvalue weighted by Gasteiger charge is -2.13. The second-order valence-electron chi connectivity index (χ2n) is 7.47. The molecule has 1 aromatic heterocycles. The normalized spacial score (nSPS) is 14.1. The van der Waals surface area contributed by atoms with E-state index in [4.69, 9.17) is 4.52 Å². The second-order valence-corrected chi connectivity index (χ2v) is 9.12. The highest BCUT2D eigenvalue weighted by Gasteiger charge is 2.26. The average molecular weight is 444 g/mol. The SMILES string of the molecule is Cc1cc(F)ccc1NS(=O)(=O)c1cc(-c2noc(C(=O)N3CCCC3)n2)ccc1C. The predicted molar refractivity (Wildman–Crippen MR) is 112 cm³/mol. The van der Waals surface area contributed by atoms with Crippen molar-refractivity contribution in [1.29, 1.82) is 0 Å². The third-order valence-corrected chi connectivity index (χ3v) is 6.68. The van der Waals surface area contributed by atoms with Gasteiger partial charge in [-0.1, -0.05) is 17.3 Å². The van der Waals surface area contributed by atoms with Gasteiger partial charge in [0.15, 0.2) is 0 Å². The van der Waals surface area contributed by atoms with E-state index in [-0.39, 0.29) is 28.2 Å². The number of rotatable bonds is 5. The number of likely N-dealkylation sites (tertiary alicyclic amines) is 1. The van der Waals surface area contributed by atoms with E-state index < -0.39 is 15.8 Å². The summed E-state index contributed by atoms with van der Waals surface area (Å²) in [5.74, 6) is -0.779. The molecule has 1 aliphatic heterocycles. The Hall–Kier alpha value is -3.27. The number of hydrogen-bond acceptors (Lipinski definition) is 6. The number of amides is 1. The largest absolute Gasteiger partial charge is 0.334 e. The highest BCUT2D eigenvalue weighted by atomic mass is 32.2. The third kappa shape index (κ3) is 4.29. The maximum Gasteiger partial charge on any atom is 0.316 e. The van der Waals surface area contributed by atoms with Crippen molar-refractivity contribution in [3.05, 3.63) is 59.2 Å². The Morgan fingerprint density at radius 1 is 1.10 bits per heavy atom. The number of nitrogens with one attached hydrogen (secondary N) is 1. The van der Waals surface area contributed by atoms with Crippen LogP contribution in [0.1, 0.15) is 34.7 Å². The van der Waals surface area contributed by atoms with Crippen molar-refractivity contribution in [1.82, 2.24) is 15.0 Å². The summed E-state index contributed by atoms with van der Waals surface area (Å²) in [5, 5.41) is 3.85. The summed E-state index contributed by atoms with van der Waals surface area (Å²) in [5.41, 5.74) is 1.64. The number of carbonyl (C=O) groups excluding carboxylic acids is 1. The Kier molecular flexibility index (Phi) is 5.48. The molecule has 1 amide bonds. The summed E-state index contributed by atoms with van der Waals surface area (Å²) in [6, 6.07) is 8.51. The van der Waals surface area contributed by atoms with E-state index in [2.05, 4.69) is 14.9 Å². The standard InChI is InChI=1S/C21H21FN4O4S/c1-13-5-6-15(19-23-20(30-24-19)21(27)26-9-3-4-10-26)12-18(13)31(28,29)25-17-8-7-16(22)11-14(17)2/h5-8,11-12,25H,3-4,9-10H2,1-2H3. The first-order valence-electron chi connectivity index (χ1n) is 9.77. The molecular weight excluding hydrogens is 423 g/mol. The predicted octanol–water partition coefficient (Wildman–Crippen LogP) is 3.53. The van der Waals surface area contributed by atoms with Crippen LogP contribution in [0.4, 0.5) is 10.1 Å². The fourth-order valence-electron chi connectivity index (χ4n) is 3.45. The van der Waals surface area contributed by atoms with Crippen LogP contribution in [0.15, 0.2) is 45.8 Å². The maximum absolute atomic E-state index is 13.3. The van der Waals surface area contributed by atoms with Gasteiger partial charge in [-0.05, 0) is 62.1 Å². The number of anilines is 1. The molecule has 8 nitrogen and oxygen atoms in total. The molecule has 2 heterocycles. The molecule has 1 aliphatic rings. The van der Waals surface area contributed by atoms with Crippen LogP contribution in [0.25, 0.3) is 11.4 Å². The molecule has 10 heteroatoms. The Morgan fingerprint density at radius 3 is 2.55 bits per heavy atom. The number of hydrogen-bond donors (Lipinski definition) is 1. The summed E-state index contributed by atoms with van der Waals surface area (Å²) in [4.78, 5) is 18.3. The molecule has 0 saturated carbocycles. The van der Waals surface area contributed by atoms with Gasteiger partial charge in [-0.15, -0.1) is 0 Å². The molecule has 0 aliphatic carbocycles. The van der Waals surface area contributed by atoms with Gasteiger partial charge in [0.25, 0.3) is 10.0 Å². The van der Waals surface area contributed by atoms with Crippen LogP contribution in [0.5, 0.6) is 0 Å². The molecule has 162 valence electrons. The van der Waals surface area contributed by atoms with Gasteiger partial charge >= 0.3 is 11.8 Å². The number of aromatic nitrogens is 2. The van der Waals surface area contributed by atoms with Crippen LogP contribution in [-0.4, -0.2) is 42.5 Å². The first-order chi connectivity index (χ1) is 14.7. The number of carbonyl (C=O) groups is 1. The van der Waals surface area contributed by atoms with Crippen molar-refractivity contribution in [3.63, 3.8) is 0 Å². The molecule has 0 atom stereocenters. The van der Waals surface area contributed by atoms with Gasteiger partial charge in [-0.3, -0.25) is 9.52 Å². The lowest BCUT2D eigenvalue weighted by Crippen LogP contribution is -2.27. The lowest BCUT2D eigenvalue weighted by molar-refractivity contribution is 0.0743. The van der Waals surface area contributed by atoms with Gasteiger partial charge in [0.2, 0.25) is 5.82 Å². The second kappa shape index (κ2) is 8.10. The van der Waals surface area contributed by atoms with Crippen LogP contribution >= 0.6 is 0 Å². The molecule has 0 unspecified atom stereocenters. The highest BCUT2D eigenvalue weighted by molar-refractivity contribution is 7.92. The Bertz CT molecular complexity index is 1250. The smallest absolute Gasteiger partial charge is 0.316 e. The quantitative estimate of drug-likeness (QED) is 0.645. The van der Waals surface area contributed by atoms with E-state index in [0.29, 0.717) is 29.8 Å². The van der Waals surface area contributed by atoms with Crippen molar-refractivity contribution >= 4 is 21.6 Å². The van der Waals surface area contributed by atoms with Crippen LogP contribution in [-0.2, 0) is 10.0 Å². The van der Waals surface area contributed by atoms with Gasteiger partial charge < -0.3 is 9.42 Å². The molecule has 1 fully saturated rings. The number of sulfonamides is 1. The number of benzene rings is 2. The minimum absolute atomic E-state index is 0.0194. The maximum atomic E-state index is 13.3. The number of nitrogens with zero attached hydrogens (tertiary/aromatic N) is 3. The van der Waals surface area contributed by atoms with E-state index in [9.17, 15) is 17.6 Å². The van der Waals surface area contributed by atoms with Crippen molar-refractivity contribution in [2.24, 2.45) is 0 Å². The average Bonchev–Trinajstić information content (AvgIpc) is 3.42. The van der Waals surface area contributed by atoms with Crippen LogP contribution in [0.3, 0.4) is 0 Å². The van der Waals surface area contributed by atoms with Crippen molar-refractivity contribution in [2.75, 3.05) is 17.8 Å². The first kappa shape index (κ1) is 21.0. The molecule has 2 aromatic carbocycles. The molecule has 1 N–H and O–H groups in total. The minimum atomic E-state index is -3.97. The zero-order chi connectivity index (χ0) is 22.2. The van der Waals surface area contributed by atoms with Crippen molar-refractivity contribution < 1.29 is 22.1 Å². The fourth-order valence-corrected chi connectivity index (χ4v) is 4.86. The summed E-state index contributed by atoms with van der Waals surface area (Å²) >= 11 is 0.